The monoisotopic (exact) mass is 317 g/mol. The van der Waals surface area contributed by atoms with E-state index in [-0.39, 0.29) is 24.1 Å². The lowest BCUT2D eigenvalue weighted by atomic mass is 10.0. The van der Waals surface area contributed by atoms with Crippen LogP contribution in [0.1, 0.15) is 20.8 Å². The molecule has 0 spiro atoms. The van der Waals surface area contributed by atoms with Gasteiger partial charge in [-0.2, -0.15) is 0 Å². The SMILES string of the molecule is CC(=O)C(NC(=O)COc1c(Cl)cccc1Cl)C(C)C. The molecule has 0 aliphatic heterocycles. The highest BCUT2D eigenvalue weighted by Crippen LogP contribution is 2.32. The zero-order chi connectivity index (χ0) is 15.3. The quantitative estimate of drug-likeness (QED) is 0.877. The number of benzene rings is 1. The maximum atomic E-state index is 11.8. The van der Waals surface area contributed by atoms with Crippen LogP contribution in [0, 0.1) is 5.92 Å². The van der Waals surface area contributed by atoms with E-state index in [1.165, 1.54) is 6.92 Å². The molecule has 0 bridgehead atoms. The number of rotatable bonds is 6. The van der Waals surface area contributed by atoms with Gasteiger partial charge in [-0.05, 0) is 25.0 Å². The molecule has 1 amide bonds. The molecule has 4 nitrogen and oxygen atoms in total. The van der Waals surface area contributed by atoms with Crippen molar-refractivity contribution in [2.45, 2.75) is 26.8 Å². The van der Waals surface area contributed by atoms with Gasteiger partial charge in [0, 0.05) is 0 Å². The number of para-hydroxylation sites is 1. The Morgan fingerprint density at radius 3 is 2.25 bits per heavy atom. The van der Waals surface area contributed by atoms with Gasteiger partial charge in [0.1, 0.15) is 0 Å². The molecule has 0 aliphatic rings. The second-order valence-corrected chi connectivity index (χ2v) is 5.55. The number of Topliss-reactive ketones (excluding diaryl/α,β-unsaturated/α-hetero) is 1. The van der Waals surface area contributed by atoms with Gasteiger partial charge in [0.2, 0.25) is 0 Å². The molecular formula is C14H17Cl2NO3. The van der Waals surface area contributed by atoms with Crippen LogP contribution in [0.2, 0.25) is 10.0 Å². The molecule has 0 saturated heterocycles. The first-order chi connectivity index (χ1) is 9.32. The summed E-state index contributed by atoms with van der Waals surface area (Å²) in [4.78, 5) is 23.2. The van der Waals surface area contributed by atoms with Crippen LogP contribution >= 0.6 is 23.2 Å². The molecule has 0 aromatic heterocycles. The lowest BCUT2D eigenvalue weighted by molar-refractivity contribution is -0.129. The Hall–Kier alpha value is -1.26. The van der Waals surface area contributed by atoms with Crippen molar-refractivity contribution in [3.63, 3.8) is 0 Å². The normalized spacial score (nSPS) is 12.1. The van der Waals surface area contributed by atoms with Gasteiger partial charge in [-0.1, -0.05) is 43.1 Å². The minimum Gasteiger partial charge on any atom is -0.481 e. The Balaban J connectivity index is 2.62. The minimum absolute atomic E-state index is 0.0142. The Kier molecular flexibility index (Phi) is 6.30. The lowest BCUT2D eigenvalue weighted by Crippen LogP contribution is -2.45. The fraction of sp³-hybridized carbons (Fsp3) is 0.429. The molecule has 110 valence electrons. The third kappa shape index (κ3) is 4.69. The number of hydrogen-bond acceptors (Lipinski definition) is 3. The van der Waals surface area contributed by atoms with E-state index in [2.05, 4.69) is 5.32 Å². The largest absolute Gasteiger partial charge is 0.481 e. The third-order valence-corrected chi connectivity index (χ3v) is 3.28. The maximum absolute atomic E-state index is 11.8. The molecule has 1 atom stereocenters. The zero-order valence-electron chi connectivity index (χ0n) is 11.6. The molecule has 1 rings (SSSR count). The molecular weight excluding hydrogens is 301 g/mol. The van der Waals surface area contributed by atoms with E-state index >= 15 is 0 Å². The van der Waals surface area contributed by atoms with Crippen molar-refractivity contribution in [2.75, 3.05) is 6.61 Å². The molecule has 0 fully saturated rings. The highest BCUT2D eigenvalue weighted by molar-refractivity contribution is 6.37. The van der Waals surface area contributed by atoms with E-state index in [0.29, 0.717) is 10.0 Å². The molecule has 1 aromatic rings. The highest BCUT2D eigenvalue weighted by atomic mass is 35.5. The van der Waals surface area contributed by atoms with Gasteiger partial charge >= 0.3 is 0 Å². The summed E-state index contributed by atoms with van der Waals surface area (Å²) >= 11 is 11.8. The summed E-state index contributed by atoms with van der Waals surface area (Å²) in [6.45, 7) is 4.91. The number of hydrogen-bond donors (Lipinski definition) is 1. The van der Waals surface area contributed by atoms with Gasteiger partial charge in [-0.15, -0.1) is 0 Å². The van der Waals surface area contributed by atoms with E-state index in [0.717, 1.165) is 0 Å². The third-order valence-electron chi connectivity index (χ3n) is 2.69. The molecule has 20 heavy (non-hydrogen) atoms. The maximum Gasteiger partial charge on any atom is 0.258 e. The van der Waals surface area contributed by atoms with Crippen molar-refractivity contribution in [3.05, 3.63) is 28.2 Å². The molecule has 0 radical (unpaired) electrons. The molecule has 1 unspecified atom stereocenters. The smallest absolute Gasteiger partial charge is 0.258 e. The van der Waals surface area contributed by atoms with Gasteiger partial charge in [-0.3, -0.25) is 9.59 Å². The second kappa shape index (κ2) is 7.50. The average Bonchev–Trinajstić information content (AvgIpc) is 2.34. The average molecular weight is 318 g/mol. The van der Waals surface area contributed by atoms with Crippen molar-refractivity contribution in [1.29, 1.82) is 0 Å². The fourth-order valence-electron chi connectivity index (χ4n) is 1.71. The Labute approximate surface area is 128 Å². The molecule has 6 heteroatoms. The summed E-state index contributed by atoms with van der Waals surface area (Å²) in [6, 6.07) is 4.40. The Morgan fingerprint density at radius 1 is 1.25 bits per heavy atom. The van der Waals surface area contributed by atoms with Crippen LogP contribution in [0.25, 0.3) is 0 Å². The van der Waals surface area contributed by atoms with Crippen molar-refractivity contribution in [3.8, 4) is 5.75 Å². The van der Waals surface area contributed by atoms with E-state index in [1.807, 2.05) is 13.8 Å². The number of ketones is 1. The Bertz CT molecular complexity index is 483. The number of nitrogens with one attached hydrogen (secondary N) is 1. The van der Waals surface area contributed by atoms with Crippen LogP contribution in [0.3, 0.4) is 0 Å². The number of carbonyl (C=O) groups excluding carboxylic acids is 2. The van der Waals surface area contributed by atoms with Gasteiger partial charge in [0.25, 0.3) is 5.91 Å². The first-order valence-corrected chi connectivity index (χ1v) is 6.95. The fourth-order valence-corrected chi connectivity index (χ4v) is 2.22. The predicted octanol–water partition coefficient (Wildman–Crippen LogP) is 3.10. The molecule has 0 saturated carbocycles. The summed E-state index contributed by atoms with van der Waals surface area (Å²) < 4.78 is 5.30. The number of carbonyl (C=O) groups is 2. The summed E-state index contributed by atoms with van der Waals surface area (Å²) in [5.41, 5.74) is 0. The molecule has 0 aliphatic carbocycles. The standard InChI is InChI=1S/C14H17Cl2NO3/c1-8(2)13(9(3)18)17-12(19)7-20-14-10(15)5-4-6-11(14)16/h4-6,8,13H,7H2,1-3H3,(H,17,19). The predicted molar refractivity (Wildman–Crippen MR) is 79.4 cm³/mol. The zero-order valence-corrected chi connectivity index (χ0v) is 13.1. The van der Waals surface area contributed by atoms with E-state index in [1.54, 1.807) is 18.2 Å². The van der Waals surface area contributed by atoms with Gasteiger partial charge < -0.3 is 10.1 Å². The van der Waals surface area contributed by atoms with Gasteiger partial charge in [0.15, 0.2) is 18.1 Å². The van der Waals surface area contributed by atoms with Crippen LogP contribution in [0.15, 0.2) is 18.2 Å². The van der Waals surface area contributed by atoms with E-state index in [9.17, 15) is 9.59 Å². The van der Waals surface area contributed by atoms with Crippen molar-refractivity contribution < 1.29 is 14.3 Å². The van der Waals surface area contributed by atoms with Crippen molar-refractivity contribution >= 4 is 34.9 Å². The number of amides is 1. The first-order valence-electron chi connectivity index (χ1n) is 6.19. The number of halogens is 2. The van der Waals surface area contributed by atoms with Crippen LogP contribution in [-0.2, 0) is 9.59 Å². The summed E-state index contributed by atoms with van der Waals surface area (Å²) in [6.07, 6.45) is 0. The van der Waals surface area contributed by atoms with E-state index < -0.39 is 11.9 Å². The second-order valence-electron chi connectivity index (χ2n) is 4.74. The van der Waals surface area contributed by atoms with Crippen molar-refractivity contribution in [1.82, 2.24) is 5.32 Å². The highest BCUT2D eigenvalue weighted by Gasteiger charge is 2.21. The topological polar surface area (TPSA) is 55.4 Å². The molecule has 1 N–H and O–H groups in total. The van der Waals surface area contributed by atoms with Crippen LogP contribution < -0.4 is 10.1 Å². The van der Waals surface area contributed by atoms with E-state index in [4.69, 9.17) is 27.9 Å². The molecule has 0 heterocycles. The lowest BCUT2D eigenvalue weighted by Gasteiger charge is -2.19. The van der Waals surface area contributed by atoms with Crippen LogP contribution in [-0.4, -0.2) is 24.3 Å². The van der Waals surface area contributed by atoms with Crippen LogP contribution in [0.4, 0.5) is 0 Å². The minimum atomic E-state index is -0.521. The van der Waals surface area contributed by atoms with Gasteiger partial charge in [-0.25, -0.2) is 0 Å². The van der Waals surface area contributed by atoms with Crippen molar-refractivity contribution in [2.24, 2.45) is 5.92 Å². The van der Waals surface area contributed by atoms with Gasteiger partial charge in [0.05, 0.1) is 16.1 Å². The molecule has 1 aromatic carbocycles. The number of ether oxygens (including phenoxy) is 1. The summed E-state index contributed by atoms with van der Waals surface area (Å²) in [5.74, 6) is -0.214. The summed E-state index contributed by atoms with van der Waals surface area (Å²) in [7, 11) is 0. The summed E-state index contributed by atoms with van der Waals surface area (Å²) in [5, 5.41) is 3.29. The first kappa shape index (κ1) is 16.8. The Morgan fingerprint density at radius 2 is 1.80 bits per heavy atom. The van der Waals surface area contributed by atoms with Crippen LogP contribution in [0.5, 0.6) is 5.75 Å².